The van der Waals surface area contributed by atoms with Gasteiger partial charge in [-0.2, -0.15) is 5.10 Å². The van der Waals surface area contributed by atoms with Crippen molar-refractivity contribution < 1.29 is 9.18 Å². The topological polar surface area (TPSA) is 79.2 Å². The highest BCUT2D eigenvalue weighted by molar-refractivity contribution is 5.94. The number of rotatable bonds is 5. The Hall–Kier alpha value is -3.49. The first-order chi connectivity index (χ1) is 14.9. The predicted molar refractivity (Wildman–Crippen MR) is 118 cm³/mol. The molecule has 31 heavy (non-hydrogen) atoms. The lowest BCUT2D eigenvalue weighted by molar-refractivity contribution is 0.0735. The van der Waals surface area contributed by atoms with Crippen LogP contribution in [-0.4, -0.2) is 63.3 Å². The minimum absolute atomic E-state index is 0.0600. The Morgan fingerprint density at radius 3 is 2.48 bits per heavy atom. The van der Waals surface area contributed by atoms with Gasteiger partial charge in [-0.15, -0.1) is 0 Å². The molecule has 8 nitrogen and oxygen atoms in total. The van der Waals surface area contributed by atoms with Crippen LogP contribution in [0.3, 0.4) is 0 Å². The Balaban J connectivity index is 1.45. The first kappa shape index (κ1) is 20.8. The van der Waals surface area contributed by atoms with Gasteiger partial charge in [0.15, 0.2) is 0 Å². The average molecular weight is 423 g/mol. The van der Waals surface area contributed by atoms with Crippen molar-refractivity contribution in [3.8, 4) is 11.3 Å². The Kier molecular flexibility index (Phi) is 5.83. The van der Waals surface area contributed by atoms with Crippen LogP contribution in [0.25, 0.3) is 11.3 Å². The Labute approximate surface area is 180 Å². The molecule has 0 spiro atoms. The fourth-order valence-corrected chi connectivity index (χ4v) is 3.72. The summed E-state index contributed by atoms with van der Waals surface area (Å²) in [6, 6.07) is 9.82. The quantitative estimate of drug-likeness (QED) is 0.680. The largest absolute Gasteiger partial charge is 0.370 e. The van der Waals surface area contributed by atoms with E-state index in [4.69, 9.17) is 0 Å². The second-order valence-electron chi connectivity index (χ2n) is 7.51. The van der Waals surface area contributed by atoms with Crippen LogP contribution in [0.5, 0.6) is 0 Å². The number of carbonyl (C=O) groups excluding carboxylic acids is 1. The van der Waals surface area contributed by atoms with E-state index in [-0.39, 0.29) is 11.7 Å². The number of nitrogens with one attached hydrogen (secondary N) is 1. The zero-order valence-electron chi connectivity index (χ0n) is 18.0. The van der Waals surface area contributed by atoms with Crippen LogP contribution in [-0.2, 0) is 7.05 Å². The summed E-state index contributed by atoms with van der Waals surface area (Å²) in [5, 5.41) is 7.67. The molecule has 9 heteroatoms. The van der Waals surface area contributed by atoms with Gasteiger partial charge in [-0.3, -0.25) is 9.48 Å². The lowest BCUT2D eigenvalue weighted by Gasteiger charge is -2.35. The van der Waals surface area contributed by atoms with Crippen LogP contribution >= 0.6 is 0 Å². The predicted octanol–water partition coefficient (Wildman–Crippen LogP) is 2.72. The van der Waals surface area contributed by atoms with Gasteiger partial charge in [-0.05, 0) is 44.2 Å². The summed E-state index contributed by atoms with van der Waals surface area (Å²) < 4.78 is 14.8. The third-order valence-electron chi connectivity index (χ3n) is 5.31. The molecule has 1 fully saturated rings. The van der Waals surface area contributed by atoms with Gasteiger partial charge in [0.1, 0.15) is 29.0 Å². The number of hydrogen-bond acceptors (Lipinski definition) is 6. The lowest BCUT2D eigenvalue weighted by atomic mass is 10.1. The fourth-order valence-electron chi connectivity index (χ4n) is 3.72. The molecule has 2 aromatic heterocycles. The van der Waals surface area contributed by atoms with Gasteiger partial charge < -0.3 is 15.1 Å². The lowest BCUT2D eigenvalue weighted by Crippen LogP contribution is -2.49. The SMILES string of the molecule is CCNc1cc(N2CCN(C(=O)c3cc(-c4ccc(F)cc4)nn3C)CC2)nc(C)n1. The summed E-state index contributed by atoms with van der Waals surface area (Å²) >= 11 is 0. The van der Waals surface area contributed by atoms with E-state index in [2.05, 4.69) is 25.3 Å². The third-order valence-corrected chi connectivity index (χ3v) is 5.31. The molecule has 0 bridgehead atoms. The maximum absolute atomic E-state index is 13.2. The minimum Gasteiger partial charge on any atom is -0.370 e. The highest BCUT2D eigenvalue weighted by atomic mass is 19.1. The van der Waals surface area contributed by atoms with Crippen molar-refractivity contribution in [2.24, 2.45) is 7.05 Å². The number of nitrogens with zero attached hydrogens (tertiary/aromatic N) is 6. The van der Waals surface area contributed by atoms with Crippen LogP contribution in [0.4, 0.5) is 16.0 Å². The van der Waals surface area contributed by atoms with Gasteiger partial charge in [-0.1, -0.05) is 0 Å². The van der Waals surface area contributed by atoms with Gasteiger partial charge in [-0.25, -0.2) is 14.4 Å². The Morgan fingerprint density at radius 1 is 1.10 bits per heavy atom. The molecule has 0 unspecified atom stereocenters. The number of benzene rings is 1. The summed E-state index contributed by atoms with van der Waals surface area (Å²) in [5.74, 6) is 2.04. The zero-order chi connectivity index (χ0) is 22.0. The molecule has 1 amide bonds. The molecule has 162 valence electrons. The molecular formula is C22H26FN7O. The number of carbonyl (C=O) groups is 1. The van der Waals surface area contributed by atoms with Crippen LogP contribution in [0.15, 0.2) is 36.4 Å². The molecule has 0 aliphatic carbocycles. The maximum atomic E-state index is 13.2. The second-order valence-corrected chi connectivity index (χ2v) is 7.51. The summed E-state index contributed by atoms with van der Waals surface area (Å²) in [4.78, 5) is 26.1. The van der Waals surface area contributed by atoms with Crippen molar-refractivity contribution in [3.05, 3.63) is 53.7 Å². The van der Waals surface area contributed by atoms with Crippen molar-refractivity contribution in [1.82, 2.24) is 24.6 Å². The van der Waals surface area contributed by atoms with Crippen molar-refractivity contribution >= 4 is 17.5 Å². The van der Waals surface area contributed by atoms with Gasteiger partial charge in [0.2, 0.25) is 0 Å². The third kappa shape index (κ3) is 4.50. The highest BCUT2D eigenvalue weighted by Gasteiger charge is 2.26. The van der Waals surface area contributed by atoms with Gasteiger partial charge >= 0.3 is 0 Å². The van der Waals surface area contributed by atoms with Gasteiger partial charge in [0.25, 0.3) is 5.91 Å². The monoisotopic (exact) mass is 423 g/mol. The number of amides is 1. The van der Waals surface area contributed by atoms with Crippen LogP contribution in [0.1, 0.15) is 23.2 Å². The molecule has 0 radical (unpaired) electrons. The van der Waals surface area contributed by atoms with Gasteiger partial charge in [0.05, 0.1) is 5.69 Å². The van der Waals surface area contributed by atoms with E-state index < -0.39 is 0 Å². The van der Waals surface area contributed by atoms with E-state index in [1.807, 2.05) is 24.8 Å². The summed E-state index contributed by atoms with van der Waals surface area (Å²) in [7, 11) is 1.75. The van der Waals surface area contributed by atoms with Crippen LogP contribution in [0, 0.1) is 12.7 Å². The number of anilines is 2. The normalized spacial score (nSPS) is 14.1. The molecule has 1 aromatic carbocycles. The molecule has 1 N–H and O–H groups in total. The Bertz CT molecular complexity index is 1070. The molecule has 3 heterocycles. The van der Waals surface area contributed by atoms with Crippen molar-refractivity contribution in [3.63, 3.8) is 0 Å². The highest BCUT2D eigenvalue weighted by Crippen LogP contribution is 2.22. The van der Waals surface area contributed by atoms with Crippen molar-refractivity contribution in [1.29, 1.82) is 0 Å². The number of halogens is 1. The van der Waals surface area contributed by atoms with Crippen LogP contribution < -0.4 is 10.2 Å². The van der Waals surface area contributed by atoms with E-state index >= 15 is 0 Å². The molecule has 1 saturated heterocycles. The Morgan fingerprint density at radius 2 is 1.81 bits per heavy atom. The van der Waals surface area contributed by atoms with Crippen molar-refractivity contribution in [2.75, 3.05) is 42.9 Å². The summed E-state index contributed by atoms with van der Waals surface area (Å²) in [5.41, 5.74) is 1.94. The van der Waals surface area contributed by atoms with Crippen molar-refractivity contribution in [2.45, 2.75) is 13.8 Å². The van der Waals surface area contributed by atoms with Crippen LogP contribution in [0.2, 0.25) is 0 Å². The molecule has 4 rings (SSSR count). The standard InChI is InChI=1S/C22H26FN7O/c1-4-24-20-14-21(26-15(2)25-20)29-9-11-30(12-10-29)22(31)19-13-18(27-28(19)3)16-5-7-17(23)8-6-16/h5-8,13-14H,4,9-12H2,1-3H3,(H,24,25,26). The van der Waals surface area contributed by atoms with E-state index in [1.165, 1.54) is 12.1 Å². The molecule has 3 aromatic rings. The van der Waals surface area contributed by atoms with E-state index in [1.54, 1.807) is 29.9 Å². The molecule has 1 aliphatic rings. The smallest absolute Gasteiger partial charge is 0.272 e. The molecule has 0 saturated carbocycles. The number of piperazine rings is 1. The number of aryl methyl sites for hydroxylation is 2. The minimum atomic E-state index is -0.301. The molecular weight excluding hydrogens is 397 g/mol. The zero-order valence-corrected chi connectivity index (χ0v) is 18.0. The summed E-state index contributed by atoms with van der Waals surface area (Å²) in [6.07, 6.45) is 0. The average Bonchev–Trinajstić information content (AvgIpc) is 3.15. The van der Waals surface area contributed by atoms with Gasteiger partial charge in [0, 0.05) is 51.4 Å². The fraction of sp³-hybridized carbons (Fsp3) is 0.364. The number of hydrogen-bond donors (Lipinski definition) is 1. The molecule has 1 aliphatic heterocycles. The first-order valence-electron chi connectivity index (χ1n) is 10.4. The van der Waals surface area contributed by atoms with E-state index in [9.17, 15) is 9.18 Å². The van der Waals surface area contributed by atoms with E-state index in [0.29, 0.717) is 37.6 Å². The first-order valence-corrected chi connectivity index (χ1v) is 10.4. The summed E-state index contributed by atoms with van der Waals surface area (Å²) in [6.45, 7) is 7.27. The maximum Gasteiger partial charge on any atom is 0.272 e. The number of aromatic nitrogens is 4. The molecule has 0 atom stereocenters. The second kappa shape index (κ2) is 8.71. The van der Waals surface area contributed by atoms with E-state index in [0.717, 1.165) is 29.6 Å².